The maximum Gasteiger partial charge on any atom is 0.257 e. The zero-order valence-corrected chi connectivity index (χ0v) is 18.6. The van der Waals surface area contributed by atoms with Crippen molar-refractivity contribution < 1.29 is 14.7 Å². The van der Waals surface area contributed by atoms with E-state index in [2.05, 4.69) is 16.0 Å². The van der Waals surface area contributed by atoms with E-state index in [4.69, 9.17) is 0 Å². The Morgan fingerprint density at radius 2 is 1.64 bits per heavy atom. The van der Waals surface area contributed by atoms with Crippen molar-refractivity contribution in [3.8, 4) is 5.75 Å². The third-order valence-corrected chi connectivity index (χ3v) is 5.21. The van der Waals surface area contributed by atoms with Gasteiger partial charge in [0.2, 0.25) is 5.91 Å². The second-order valence-electron chi connectivity index (χ2n) is 7.73. The number of benzene rings is 2. The number of anilines is 3. The Bertz CT molecular complexity index is 1230. The molecule has 172 valence electrons. The monoisotopic (exact) mass is 450 g/mol. The van der Waals surface area contributed by atoms with Crippen molar-refractivity contribution >= 4 is 28.9 Å². The highest BCUT2D eigenvalue weighted by molar-refractivity contribution is 5.99. The van der Waals surface area contributed by atoms with Crippen LogP contribution in [0.3, 0.4) is 0 Å². The molecule has 0 spiro atoms. The van der Waals surface area contributed by atoms with Crippen molar-refractivity contribution in [3.63, 3.8) is 0 Å². The van der Waals surface area contributed by atoms with Crippen LogP contribution in [0.5, 0.6) is 5.75 Å². The van der Waals surface area contributed by atoms with Gasteiger partial charge in [-0.15, -0.1) is 0 Å². The summed E-state index contributed by atoms with van der Waals surface area (Å²) in [7, 11) is 3.10. The summed E-state index contributed by atoms with van der Waals surface area (Å²) >= 11 is 0. The van der Waals surface area contributed by atoms with Crippen LogP contribution in [0.4, 0.5) is 17.1 Å². The average Bonchev–Trinajstić information content (AvgIpc) is 2.82. The molecule has 4 N–H and O–H groups in total. The van der Waals surface area contributed by atoms with Crippen LogP contribution in [0, 0.1) is 0 Å². The number of phenolic OH excluding ortho intramolecular Hbond substituents is 1. The molecule has 1 atom stereocenters. The number of hydrogen-bond donors (Lipinski definition) is 4. The van der Waals surface area contributed by atoms with Crippen molar-refractivity contribution in [1.29, 1.82) is 0 Å². The minimum atomic E-state index is -0.780. The van der Waals surface area contributed by atoms with Gasteiger partial charge in [-0.1, -0.05) is 43.3 Å². The van der Waals surface area contributed by atoms with Gasteiger partial charge in [-0.3, -0.25) is 19.2 Å². The van der Waals surface area contributed by atoms with E-state index in [-0.39, 0.29) is 46.9 Å². The molecule has 3 aromatic rings. The third-order valence-electron chi connectivity index (χ3n) is 5.21. The Labute approximate surface area is 190 Å². The summed E-state index contributed by atoms with van der Waals surface area (Å²) in [6.45, 7) is 1.74. The molecule has 0 saturated heterocycles. The van der Waals surface area contributed by atoms with Gasteiger partial charge >= 0.3 is 0 Å². The van der Waals surface area contributed by atoms with Crippen LogP contribution in [0.2, 0.25) is 0 Å². The Morgan fingerprint density at radius 3 is 2.27 bits per heavy atom. The van der Waals surface area contributed by atoms with E-state index in [1.165, 1.54) is 17.0 Å². The zero-order chi connectivity index (χ0) is 24.1. The molecule has 0 fully saturated rings. The minimum absolute atomic E-state index is 0.0455. The summed E-state index contributed by atoms with van der Waals surface area (Å²) < 4.78 is 0. The number of carbonyl (C=O) groups is 2. The number of nitrogens with one attached hydrogen (secondary N) is 3. The zero-order valence-electron chi connectivity index (χ0n) is 18.6. The van der Waals surface area contributed by atoms with Crippen LogP contribution in [0.25, 0.3) is 0 Å². The van der Waals surface area contributed by atoms with Gasteiger partial charge in [0.15, 0.2) is 5.75 Å². The first-order valence-electron chi connectivity index (χ1n) is 10.5. The van der Waals surface area contributed by atoms with E-state index in [1.807, 2.05) is 37.3 Å². The number of para-hydroxylation sites is 1. The normalized spacial score (nSPS) is 11.6. The lowest BCUT2D eigenvalue weighted by Crippen LogP contribution is -2.40. The summed E-state index contributed by atoms with van der Waals surface area (Å²) in [6.07, 6.45) is 0.684. The van der Waals surface area contributed by atoms with Crippen molar-refractivity contribution in [2.24, 2.45) is 0 Å². The summed E-state index contributed by atoms with van der Waals surface area (Å²) in [5.74, 6) is -1.10. The second-order valence-corrected chi connectivity index (χ2v) is 7.73. The first kappa shape index (κ1) is 23.5. The Kier molecular flexibility index (Phi) is 7.12. The molecule has 0 aliphatic heterocycles. The lowest BCUT2D eigenvalue weighted by molar-refractivity contribution is -0.120. The standard InChI is InChI=1S/C24H26N4O5/c1-4-16(14-9-6-5-7-10-14)26-18(29)13-25-19-20(23(32)22(19)31)27-17-12-8-11-15(21(17)30)24(33)28(2)3/h5-12,16,25,27,30H,4,13H2,1-3H3,(H,26,29)/t16-/m1/s1. The molecule has 0 aliphatic carbocycles. The molecule has 0 heterocycles. The number of carbonyl (C=O) groups excluding carboxylic acids is 2. The number of nitrogens with zero attached hydrogens (tertiary/aromatic N) is 1. The molecular formula is C24H26N4O5. The predicted octanol–water partition coefficient (Wildman–Crippen LogP) is 2.11. The maximum absolute atomic E-state index is 12.4. The van der Waals surface area contributed by atoms with E-state index in [0.29, 0.717) is 6.42 Å². The molecule has 2 amide bonds. The predicted molar refractivity (Wildman–Crippen MR) is 127 cm³/mol. The van der Waals surface area contributed by atoms with Gasteiger partial charge < -0.3 is 26.0 Å². The SMILES string of the molecule is CC[C@@H](NC(=O)CNc1c(Nc2cccc(C(=O)N(C)C)c2O)c(=O)c1=O)c1ccccc1. The molecule has 33 heavy (non-hydrogen) atoms. The van der Waals surface area contributed by atoms with E-state index >= 15 is 0 Å². The average molecular weight is 450 g/mol. The van der Waals surface area contributed by atoms with E-state index in [1.54, 1.807) is 20.2 Å². The number of hydrogen-bond acceptors (Lipinski definition) is 7. The Hall–Kier alpha value is -4.14. The van der Waals surface area contributed by atoms with Crippen LogP contribution in [0.15, 0.2) is 58.1 Å². The summed E-state index contributed by atoms with van der Waals surface area (Å²) in [5.41, 5.74) is -0.564. The van der Waals surface area contributed by atoms with E-state index in [0.717, 1.165) is 5.56 Å². The van der Waals surface area contributed by atoms with Crippen LogP contribution in [-0.4, -0.2) is 42.5 Å². The van der Waals surface area contributed by atoms with Crippen LogP contribution < -0.4 is 26.8 Å². The van der Waals surface area contributed by atoms with Gasteiger partial charge in [0.1, 0.15) is 11.4 Å². The van der Waals surface area contributed by atoms with Gasteiger partial charge in [-0.2, -0.15) is 0 Å². The van der Waals surface area contributed by atoms with E-state index in [9.17, 15) is 24.3 Å². The summed E-state index contributed by atoms with van der Waals surface area (Å²) in [5, 5.41) is 18.8. The van der Waals surface area contributed by atoms with Crippen LogP contribution >= 0.6 is 0 Å². The fourth-order valence-corrected chi connectivity index (χ4v) is 3.39. The van der Waals surface area contributed by atoms with Crippen molar-refractivity contribution in [2.75, 3.05) is 31.3 Å². The highest BCUT2D eigenvalue weighted by Crippen LogP contribution is 2.31. The second kappa shape index (κ2) is 9.99. The maximum atomic E-state index is 12.4. The topological polar surface area (TPSA) is 128 Å². The third kappa shape index (κ3) is 5.03. The number of amides is 2. The highest BCUT2D eigenvalue weighted by Gasteiger charge is 2.24. The molecule has 0 aromatic heterocycles. The molecule has 0 saturated carbocycles. The fraction of sp³-hybridized carbons (Fsp3) is 0.250. The van der Waals surface area contributed by atoms with Gasteiger partial charge in [0.25, 0.3) is 16.8 Å². The minimum Gasteiger partial charge on any atom is -0.505 e. The van der Waals surface area contributed by atoms with Crippen LogP contribution in [0.1, 0.15) is 35.3 Å². The van der Waals surface area contributed by atoms with Crippen molar-refractivity contribution in [2.45, 2.75) is 19.4 Å². The van der Waals surface area contributed by atoms with Gasteiger partial charge in [0, 0.05) is 14.1 Å². The Balaban J connectivity index is 1.71. The number of phenols is 1. The largest absolute Gasteiger partial charge is 0.505 e. The van der Waals surface area contributed by atoms with Gasteiger partial charge in [0.05, 0.1) is 23.8 Å². The molecule has 3 aromatic carbocycles. The van der Waals surface area contributed by atoms with Crippen molar-refractivity contribution in [1.82, 2.24) is 10.2 Å². The van der Waals surface area contributed by atoms with Crippen LogP contribution in [-0.2, 0) is 4.79 Å². The van der Waals surface area contributed by atoms with Gasteiger partial charge in [-0.25, -0.2) is 0 Å². The van der Waals surface area contributed by atoms with Crippen molar-refractivity contribution in [3.05, 3.63) is 80.1 Å². The number of rotatable bonds is 9. The van der Waals surface area contributed by atoms with Gasteiger partial charge in [-0.05, 0) is 24.1 Å². The fourth-order valence-electron chi connectivity index (χ4n) is 3.39. The molecule has 3 rings (SSSR count). The first-order valence-corrected chi connectivity index (χ1v) is 10.5. The molecule has 0 bridgehead atoms. The molecule has 0 unspecified atom stereocenters. The highest BCUT2D eigenvalue weighted by atomic mass is 16.3. The summed E-state index contributed by atoms with van der Waals surface area (Å²) in [6, 6.07) is 13.8. The number of aromatic hydroxyl groups is 1. The van der Waals surface area contributed by atoms with E-state index < -0.39 is 16.8 Å². The molecule has 9 nitrogen and oxygen atoms in total. The summed E-state index contributed by atoms with van der Waals surface area (Å²) in [4.78, 5) is 50.1. The first-order chi connectivity index (χ1) is 15.7. The molecule has 9 heteroatoms. The molecule has 0 aliphatic rings. The quantitative estimate of drug-likeness (QED) is 0.290. The molecule has 0 radical (unpaired) electrons. The smallest absolute Gasteiger partial charge is 0.257 e. The lowest BCUT2D eigenvalue weighted by atomic mass is 10.0. The Morgan fingerprint density at radius 1 is 0.970 bits per heavy atom. The molecular weight excluding hydrogens is 424 g/mol. The lowest BCUT2D eigenvalue weighted by Gasteiger charge is -2.19.